The van der Waals surface area contributed by atoms with E-state index < -0.39 is 0 Å². The zero-order chi connectivity index (χ0) is 14.1. The average Bonchev–Trinajstić information content (AvgIpc) is 2.83. The van der Waals surface area contributed by atoms with E-state index in [-0.39, 0.29) is 29.5 Å². The Morgan fingerprint density at radius 2 is 2.15 bits per heavy atom. The second-order valence-corrected chi connectivity index (χ2v) is 6.03. The fourth-order valence-corrected chi connectivity index (χ4v) is 1.88. The average molecular weight is 399 g/mol. The number of hydrogen-bond acceptors (Lipinski definition) is 3. The van der Waals surface area contributed by atoms with Crippen LogP contribution in [0.4, 0.5) is 0 Å². The smallest absolute Gasteiger partial charge is 0.191 e. The van der Waals surface area contributed by atoms with Crippen molar-refractivity contribution in [2.24, 2.45) is 10.9 Å². The van der Waals surface area contributed by atoms with Crippen molar-refractivity contribution in [3.63, 3.8) is 0 Å². The van der Waals surface area contributed by atoms with Crippen molar-refractivity contribution in [1.82, 2.24) is 10.6 Å². The largest absolute Gasteiger partial charge is 0.381 e. The van der Waals surface area contributed by atoms with Crippen LogP contribution >= 0.6 is 24.0 Å². The molecule has 1 atom stereocenters. The third kappa shape index (κ3) is 9.77. The molecule has 1 aliphatic rings. The number of nitrogens with one attached hydrogen (secondary N) is 2. The first kappa shape index (κ1) is 19.9. The minimum Gasteiger partial charge on any atom is -0.381 e. The van der Waals surface area contributed by atoms with E-state index in [0.29, 0.717) is 5.92 Å². The summed E-state index contributed by atoms with van der Waals surface area (Å²) < 4.78 is 11.0. The summed E-state index contributed by atoms with van der Waals surface area (Å²) in [7, 11) is 1.79. The second-order valence-electron chi connectivity index (χ2n) is 6.03. The van der Waals surface area contributed by atoms with E-state index in [0.717, 1.165) is 51.8 Å². The van der Waals surface area contributed by atoms with Crippen LogP contribution in [0, 0.1) is 5.92 Å². The van der Waals surface area contributed by atoms with Crippen LogP contribution in [0.25, 0.3) is 0 Å². The molecule has 1 aliphatic heterocycles. The van der Waals surface area contributed by atoms with E-state index in [2.05, 4.69) is 36.4 Å². The van der Waals surface area contributed by atoms with Crippen LogP contribution < -0.4 is 10.6 Å². The summed E-state index contributed by atoms with van der Waals surface area (Å²) in [6, 6.07) is 0. The zero-order valence-electron chi connectivity index (χ0n) is 13.2. The van der Waals surface area contributed by atoms with Gasteiger partial charge in [-0.2, -0.15) is 0 Å². The van der Waals surface area contributed by atoms with Crippen LogP contribution in [0.1, 0.15) is 33.6 Å². The molecule has 1 saturated heterocycles. The van der Waals surface area contributed by atoms with Crippen LogP contribution in [-0.4, -0.2) is 51.5 Å². The van der Waals surface area contributed by atoms with Gasteiger partial charge in [0.2, 0.25) is 0 Å². The molecule has 20 heavy (non-hydrogen) atoms. The molecule has 1 heterocycles. The molecule has 0 aromatic heterocycles. The molecular formula is C14H30IN3O2. The highest BCUT2D eigenvalue weighted by molar-refractivity contribution is 14.0. The summed E-state index contributed by atoms with van der Waals surface area (Å²) in [5, 5.41) is 6.61. The maximum Gasteiger partial charge on any atom is 0.191 e. The molecule has 1 unspecified atom stereocenters. The molecule has 2 N–H and O–H groups in total. The standard InChI is InChI=1S/C14H29N3O2.HI/c1-14(2,3)17-13(15-4)16-7-5-8-18-10-12-6-9-19-11-12;/h12H,5-11H2,1-4H3,(H2,15,16,17);1H. The van der Waals surface area contributed by atoms with Gasteiger partial charge in [0.05, 0.1) is 13.2 Å². The predicted molar refractivity (Wildman–Crippen MR) is 94.0 cm³/mol. The van der Waals surface area contributed by atoms with E-state index >= 15 is 0 Å². The normalized spacial score (nSPS) is 19.6. The molecule has 0 bridgehead atoms. The van der Waals surface area contributed by atoms with Gasteiger partial charge in [0.1, 0.15) is 0 Å². The topological polar surface area (TPSA) is 54.9 Å². The number of guanidine groups is 1. The van der Waals surface area contributed by atoms with Crippen LogP contribution in [0.5, 0.6) is 0 Å². The Balaban J connectivity index is 0.00000361. The van der Waals surface area contributed by atoms with Gasteiger partial charge >= 0.3 is 0 Å². The Morgan fingerprint density at radius 3 is 2.70 bits per heavy atom. The molecule has 0 saturated carbocycles. The first-order valence-electron chi connectivity index (χ1n) is 7.15. The number of aliphatic imine (C=N–C) groups is 1. The Labute approximate surface area is 140 Å². The van der Waals surface area contributed by atoms with Crippen LogP contribution in [0.3, 0.4) is 0 Å². The summed E-state index contributed by atoms with van der Waals surface area (Å²) in [6.07, 6.45) is 2.12. The third-order valence-electron chi connectivity index (χ3n) is 2.85. The molecule has 0 aromatic rings. The molecule has 0 aromatic carbocycles. The van der Waals surface area contributed by atoms with Gasteiger partial charge in [0.15, 0.2) is 5.96 Å². The number of halogens is 1. The van der Waals surface area contributed by atoms with Crippen molar-refractivity contribution in [2.45, 2.75) is 39.2 Å². The quantitative estimate of drug-likeness (QED) is 0.311. The van der Waals surface area contributed by atoms with Crippen LogP contribution in [-0.2, 0) is 9.47 Å². The van der Waals surface area contributed by atoms with Crippen molar-refractivity contribution in [1.29, 1.82) is 0 Å². The second kappa shape index (κ2) is 10.6. The van der Waals surface area contributed by atoms with Gasteiger partial charge in [0.25, 0.3) is 0 Å². The van der Waals surface area contributed by atoms with Crippen molar-refractivity contribution in [3.8, 4) is 0 Å². The Morgan fingerprint density at radius 1 is 1.40 bits per heavy atom. The van der Waals surface area contributed by atoms with Crippen molar-refractivity contribution in [2.75, 3.05) is 40.0 Å². The van der Waals surface area contributed by atoms with Gasteiger partial charge in [-0.15, -0.1) is 24.0 Å². The summed E-state index contributed by atoms with van der Waals surface area (Å²) in [5.41, 5.74) is 0.0286. The summed E-state index contributed by atoms with van der Waals surface area (Å²) >= 11 is 0. The monoisotopic (exact) mass is 399 g/mol. The first-order chi connectivity index (χ1) is 9.01. The number of rotatable bonds is 6. The molecule has 0 amide bonds. The van der Waals surface area contributed by atoms with Gasteiger partial charge in [-0.1, -0.05) is 0 Å². The van der Waals surface area contributed by atoms with Gasteiger partial charge < -0.3 is 20.1 Å². The van der Waals surface area contributed by atoms with E-state index in [1.165, 1.54) is 0 Å². The SMILES string of the molecule is CN=C(NCCCOCC1CCOC1)NC(C)(C)C.I. The Kier molecular flexibility index (Phi) is 10.6. The molecule has 120 valence electrons. The molecule has 5 nitrogen and oxygen atoms in total. The van der Waals surface area contributed by atoms with Gasteiger partial charge in [-0.25, -0.2) is 0 Å². The lowest BCUT2D eigenvalue weighted by atomic mass is 10.1. The maximum atomic E-state index is 5.65. The van der Waals surface area contributed by atoms with Gasteiger partial charge in [-0.05, 0) is 33.6 Å². The molecule has 0 aliphatic carbocycles. The minimum absolute atomic E-state index is 0. The molecular weight excluding hydrogens is 369 g/mol. The van der Waals surface area contributed by atoms with Crippen LogP contribution in [0.15, 0.2) is 4.99 Å². The predicted octanol–water partition coefficient (Wildman–Crippen LogP) is 2.01. The zero-order valence-corrected chi connectivity index (χ0v) is 15.5. The number of nitrogens with zero attached hydrogens (tertiary/aromatic N) is 1. The van der Waals surface area contributed by atoms with Crippen molar-refractivity contribution < 1.29 is 9.47 Å². The summed E-state index contributed by atoms with van der Waals surface area (Å²) in [4.78, 5) is 4.19. The highest BCUT2D eigenvalue weighted by Gasteiger charge is 2.15. The highest BCUT2D eigenvalue weighted by atomic mass is 127. The number of hydrogen-bond donors (Lipinski definition) is 2. The molecule has 1 fully saturated rings. The Bertz CT molecular complexity index is 274. The van der Waals surface area contributed by atoms with Crippen molar-refractivity contribution in [3.05, 3.63) is 0 Å². The molecule has 0 radical (unpaired) electrons. The lowest BCUT2D eigenvalue weighted by Gasteiger charge is -2.23. The number of ether oxygens (including phenoxy) is 2. The lowest BCUT2D eigenvalue weighted by Crippen LogP contribution is -2.47. The van der Waals surface area contributed by atoms with E-state index in [1.54, 1.807) is 7.05 Å². The fourth-order valence-electron chi connectivity index (χ4n) is 1.88. The van der Waals surface area contributed by atoms with Crippen LogP contribution in [0.2, 0.25) is 0 Å². The molecule has 1 rings (SSSR count). The molecule has 6 heteroatoms. The summed E-state index contributed by atoms with van der Waals surface area (Å²) in [5.74, 6) is 1.44. The van der Waals surface area contributed by atoms with Gasteiger partial charge in [0, 0.05) is 38.3 Å². The van der Waals surface area contributed by atoms with E-state index in [9.17, 15) is 0 Å². The maximum absolute atomic E-state index is 5.65. The van der Waals surface area contributed by atoms with E-state index in [4.69, 9.17) is 9.47 Å². The molecule has 0 spiro atoms. The minimum atomic E-state index is 0. The Hall–Kier alpha value is -0.0800. The highest BCUT2D eigenvalue weighted by Crippen LogP contribution is 2.12. The lowest BCUT2D eigenvalue weighted by molar-refractivity contribution is 0.0888. The van der Waals surface area contributed by atoms with E-state index in [1.807, 2.05) is 0 Å². The summed E-state index contributed by atoms with van der Waals surface area (Å²) in [6.45, 7) is 10.6. The third-order valence-corrected chi connectivity index (χ3v) is 2.85. The van der Waals surface area contributed by atoms with Gasteiger partial charge in [-0.3, -0.25) is 4.99 Å². The fraction of sp³-hybridized carbons (Fsp3) is 0.929. The first-order valence-corrected chi connectivity index (χ1v) is 7.15. The van der Waals surface area contributed by atoms with Crippen molar-refractivity contribution >= 4 is 29.9 Å².